The van der Waals surface area contributed by atoms with Crippen molar-refractivity contribution in [1.29, 1.82) is 0 Å². The molecule has 7 atom stereocenters. The van der Waals surface area contributed by atoms with Gasteiger partial charge in [-0.25, -0.2) is 5.26 Å². The van der Waals surface area contributed by atoms with Crippen LogP contribution in [0.15, 0.2) is 12.2 Å². The van der Waals surface area contributed by atoms with Crippen LogP contribution < -0.4 is 5.32 Å². The first-order valence-corrected chi connectivity index (χ1v) is 21.7. The molecule has 0 saturated carbocycles. The maximum absolute atomic E-state index is 13.0. The topological polar surface area (TPSA) is 176 Å². The van der Waals surface area contributed by atoms with Crippen molar-refractivity contribution in [2.24, 2.45) is 0 Å². The minimum atomic E-state index is -1.54. The predicted octanol–water partition coefficient (Wildman–Crippen LogP) is 8.40. The molecule has 314 valence electrons. The molecule has 1 rings (SSSR count). The highest BCUT2D eigenvalue weighted by molar-refractivity contribution is 7.89. The fourth-order valence-corrected chi connectivity index (χ4v) is 7.06. The van der Waals surface area contributed by atoms with Crippen LogP contribution in [0.1, 0.15) is 181 Å². The number of nitrogens with one attached hydrogen (secondary N) is 1. The van der Waals surface area contributed by atoms with E-state index < -0.39 is 49.5 Å². The fraction of sp³-hybridized carbons (Fsp3) is 0.925. The minimum Gasteiger partial charge on any atom is -0.394 e. The Morgan fingerprint density at radius 3 is 1.74 bits per heavy atom. The molecule has 0 aromatic carbocycles. The Morgan fingerprint density at radius 1 is 0.755 bits per heavy atom. The van der Waals surface area contributed by atoms with Crippen LogP contribution in [0, 0.1) is 0 Å². The predicted molar refractivity (Wildman–Crippen MR) is 209 cm³/mol. The number of unbranched alkanes of at least 4 members (excludes halogenated alkanes) is 23. The van der Waals surface area contributed by atoms with Gasteiger partial charge in [-0.2, -0.15) is 0 Å². The first-order chi connectivity index (χ1) is 25.9. The van der Waals surface area contributed by atoms with Crippen molar-refractivity contribution in [3.63, 3.8) is 0 Å². The number of aliphatic hydroxyl groups excluding tert-OH is 4. The molecule has 0 aromatic heterocycles. The number of amides is 1. The Morgan fingerprint density at radius 2 is 1.25 bits per heavy atom. The van der Waals surface area contributed by atoms with Crippen molar-refractivity contribution < 1.29 is 53.5 Å². The smallest absolute Gasteiger partial charge is 0.220 e. The summed E-state index contributed by atoms with van der Waals surface area (Å²) in [6, 6.07) is -0.840. The number of carbonyl (C=O) groups excluding carboxylic acids is 1. The summed E-state index contributed by atoms with van der Waals surface area (Å²) >= 11 is 0.170. The van der Waals surface area contributed by atoms with E-state index in [4.69, 9.17) is 18.9 Å². The number of ether oxygens (including phenoxy) is 2. The lowest BCUT2D eigenvalue weighted by Gasteiger charge is -2.41. The Labute approximate surface area is 325 Å². The van der Waals surface area contributed by atoms with Gasteiger partial charge in [0.05, 0.1) is 25.4 Å². The monoisotopic (exact) mass is 780 g/mol. The van der Waals surface area contributed by atoms with E-state index in [9.17, 15) is 25.2 Å². The van der Waals surface area contributed by atoms with E-state index in [1.165, 1.54) is 122 Å². The molecule has 0 spiro atoms. The van der Waals surface area contributed by atoms with E-state index in [2.05, 4.69) is 28.5 Å². The highest BCUT2D eigenvalue weighted by Gasteiger charge is 2.46. The van der Waals surface area contributed by atoms with Crippen molar-refractivity contribution in [2.45, 2.75) is 224 Å². The molecule has 53 heavy (non-hydrogen) atoms. The Kier molecular flexibility index (Phi) is 33.7. The average molecular weight is 780 g/mol. The SMILES string of the molecule is CCCCCCCCCCCCCC=C[C@@H](O)[C@H](COC1OC(CO)C(O)C(OSOOO)C1O)NC(=O)CCCCCCCCCCCCCCC. The van der Waals surface area contributed by atoms with Crippen molar-refractivity contribution >= 4 is 18.2 Å². The van der Waals surface area contributed by atoms with Crippen LogP contribution in [0.4, 0.5) is 0 Å². The quantitative estimate of drug-likeness (QED) is 0.0117. The van der Waals surface area contributed by atoms with Gasteiger partial charge >= 0.3 is 0 Å². The van der Waals surface area contributed by atoms with Gasteiger partial charge in [-0.15, -0.1) is 4.33 Å². The minimum absolute atomic E-state index is 0.170. The summed E-state index contributed by atoms with van der Waals surface area (Å²) in [5.41, 5.74) is 0. The van der Waals surface area contributed by atoms with Crippen LogP contribution in [-0.4, -0.2) is 87.7 Å². The van der Waals surface area contributed by atoms with Crippen LogP contribution in [-0.2, 0) is 27.8 Å². The molecule has 6 N–H and O–H groups in total. The Bertz CT molecular complexity index is 858. The first kappa shape index (κ1) is 50.2. The third-order valence-electron chi connectivity index (χ3n) is 10.0. The van der Waals surface area contributed by atoms with Crippen LogP contribution >= 0.6 is 12.3 Å². The lowest BCUT2D eigenvalue weighted by molar-refractivity contribution is -0.435. The zero-order chi connectivity index (χ0) is 38.8. The van der Waals surface area contributed by atoms with Crippen LogP contribution in [0.2, 0.25) is 0 Å². The molecule has 12 nitrogen and oxygen atoms in total. The molecule has 1 aliphatic heterocycles. The molecule has 0 aromatic rings. The van der Waals surface area contributed by atoms with Crippen molar-refractivity contribution in [3.05, 3.63) is 12.2 Å². The zero-order valence-electron chi connectivity index (χ0n) is 33.1. The molecular formula is C40H77NO11S. The Balaban J connectivity index is 2.56. The largest absolute Gasteiger partial charge is 0.394 e. The average Bonchev–Trinajstić information content (AvgIpc) is 3.15. The first-order valence-electron chi connectivity index (χ1n) is 21.1. The van der Waals surface area contributed by atoms with Gasteiger partial charge in [0.25, 0.3) is 0 Å². The van der Waals surface area contributed by atoms with Gasteiger partial charge in [0.1, 0.15) is 24.4 Å². The summed E-state index contributed by atoms with van der Waals surface area (Å²) in [5.74, 6) is -0.202. The summed E-state index contributed by atoms with van der Waals surface area (Å²) in [6.45, 7) is 3.67. The van der Waals surface area contributed by atoms with Gasteiger partial charge in [-0.3, -0.25) is 8.98 Å². The molecule has 1 saturated heterocycles. The summed E-state index contributed by atoms with van der Waals surface area (Å²) in [7, 11) is 0. The number of hydrogen-bond acceptors (Lipinski definition) is 12. The van der Waals surface area contributed by atoms with Gasteiger partial charge in [-0.05, 0) is 19.3 Å². The number of hydrogen-bond donors (Lipinski definition) is 6. The molecule has 0 radical (unpaired) electrons. The van der Waals surface area contributed by atoms with E-state index in [1.807, 2.05) is 6.08 Å². The molecule has 0 aliphatic carbocycles. The third-order valence-corrected chi connectivity index (χ3v) is 10.5. The van der Waals surface area contributed by atoms with E-state index in [1.54, 1.807) is 6.08 Å². The molecular weight excluding hydrogens is 703 g/mol. The van der Waals surface area contributed by atoms with E-state index >= 15 is 0 Å². The summed E-state index contributed by atoms with van der Waals surface area (Å²) < 4.78 is 20.8. The van der Waals surface area contributed by atoms with Crippen molar-refractivity contribution in [3.8, 4) is 0 Å². The molecule has 1 aliphatic rings. The molecule has 1 fully saturated rings. The molecule has 0 bridgehead atoms. The van der Waals surface area contributed by atoms with Crippen LogP contribution in [0.3, 0.4) is 0 Å². The van der Waals surface area contributed by atoms with Crippen molar-refractivity contribution in [1.82, 2.24) is 5.32 Å². The normalized spacial score (nSPS) is 21.7. The zero-order valence-corrected chi connectivity index (χ0v) is 33.9. The molecule has 1 amide bonds. The highest BCUT2D eigenvalue weighted by Crippen LogP contribution is 2.28. The lowest BCUT2D eigenvalue weighted by Crippen LogP contribution is -2.60. The van der Waals surface area contributed by atoms with Gasteiger partial charge < -0.3 is 35.2 Å². The summed E-state index contributed by atoms with van der Waals surface area (Å²) in [4.78, 5) is 13.0. The van der Waals surface area contributed by atoms with Gasteiger partial charge in [0, 0.05) is 6.42 Å². The summed E-state index contributed by atoms with van der Waals surface area (Å²) in [6.07, 6.45) is 26.4. The standard InChI is InChI=1S/C40H77NO11S/c1-3-5-7-9-11-13-15-17-19-21-23-25-27-29-34(43)33(32-48-40-38(46)39(50-53-52-51-47)37(45)35(31-42)49-40)41-36(44)30-28-26-24-22-20-18-16-14-12-10-8-6-4-2/h27,29,33-35,37-40,42-43,45-47H,3-26,28,30-32H2,1-2H3,(H,41,44)/t33-,34+,35?,37?,38?,39?,40?/m0/s1. The van der Waals surface area contributed by atoms with Gasteiger partial charge in [0.15, 0.2) is 18.6 Å². The van der Waals surface area contributed by atoms with Gasteiger partial charge in [-0.1, -0.05) is 172 Å². The van der Waals surface area contributed by atoms with Crippen LogP contribution in [0.5, 0.6) is 0 Å². The second kappa shape index (κ2) is 35.6. The van der Waals surface area contributed by atoms with Crippen LogP contribution in [0.25, 0.3) is 0 Å². The molecule has 1 heterocycles. The molecule has 13 heteroatoms. The van der Waals surface area contributed by atoms with E-state index in [0.717, 1.165) is 38.5 Å². The number of aliphatic hydroxyl groups is 4. The maximum atomic E-state index is 13.0. The van der Waals surface area contributed by atoms with E-state index in [-0.39, 0.29) is 24.8 Å². The number of rotatable bonds is 37. The highest BCUT2D eigenvalue weighted by atomic mass is 32.2. The maximum Gasteiger partial charge on any atom is 0.220 e. The second-order valence-electron chi connectivity index (χ2n) is 14.7. The van der Waals surface area contributed by atoms with Crippen molar-refractivity contribution in [2.75, 3.05) is 13.2 Å². The van der Waals surface area contributed by atoms with E-state index in [0.29, 0.717) is 6.42 Å². The summed E-state index contributed by atoms with van der Waals surface area (Å²) in [5, 5.41) is 56.8. The number of carbonyl (C=O) groups is 1. The third kappa shape index (κ3) is 25.8. The second-order valence-corrected chi connectivity index (χ2v) is 15.2. The fourth-order valence-electron chi connectivity index (χ4n) is 6.68. The van der Waals surface area contributed by atoms with Gasteiger partial charge in [0.2, 0.25) is 5.91 Å². The Hall–Kier alpha value is -0.840. The lowest BCUT2D eigenvalue weighted by atomic mass is 9.99. The number of allylic oxidation sites excluding steroid dienone is 1. The molecule has 5 unspecified atom stereocenters.